The van der Waals surface area contributed by atoms with Gasteiger partial charge in [-0.25, -0.2) is 9.40 Å². The molecule has 1 amide bonds. The zero-order valence-electron chi connectivity index (χ0n) is 20.5. The first kappa shape index (κ1) is 23.4. The highest BCUT2D eigenvalue weighted by Gasteiger charge is 2.43. The molecule has 0 spiro atoms. The second kappa shape index (κ2) is 9.44. The van der Waals surface area contributed by atoms with Crippen LogP contribution in [0, 0.1) is 5.82 Å². The average Bonchev–Trinajstić information content (AvgIpc) is 3.39. The topological polar surface area (TPSA) is 65.5 Å². The fourth-order valence-electron chi connectivity index (χ4n) is 5.14. The van der Waals surface area contributed by atoms with Crippen LogP contribution in [-0.2, 0) is 0 Å². The Kier molecular flexibility index (Phi) is 5.96. The molecule has 0 radical (unpaired) electrons. The number of amides is 1. The average molecular weight is 499 g/mol. The van der Waals surface area contributed by atoms with Crippen LogP contribution in [0.25, 0.3) is 0 Å². The molecule has 0 saturated carbocycles. The minimum Gasteiger partial charge on any atom is -0.461 e. The van der Waals surface area contributed by atoms with E-state index in [9.17, 15) is 14.0 Å². The van der Waals surface area contributed by atoms with Gasteiger partial charge in [0.25, 0.3) is 12.1 Å². The summed E-state index contributed by atoms with van der Waals surface area (Å²) in [5.41, 5.74) is 3.70. The number of ether oxygens (including phenoxy) is 1. The molecule has 2 unspecified atom stereocenters. The first-order valence-corrected chi connectivity index (χ1v) is 12.5. The highest BCUT2D eigenvalue weighted by molar-refractivity contribution is 6.04. The minimum absolute atomic E-state index is 0.0396. The summed E-state index contributed by atoms with van der Waals surface area (Å²) in [6.07, 6.45) is -0.361. The number of carbonyl (C=O) groups is 2. The summed E-state index contributed by atoms with van der Waals surface area (Å²) < 4.78 is 19.6. The Morgan fingerprint density at radius 2 is 1.57 bits per heavy atom. The number of rotatable bonds is 4. The first-order valence-electron chi connectivity index (χ1n) is 12.5. The number of Topliss-reactive ketones (excluding diaryl/α,β-unsaturated/α-hetero) is 1. The maximum absolute atomic E-state index is 13.4. The van der Waals surface area contributed by atoms with Gasteiger partial charge in [0.1, 0.15) is 11.6 Å². The van der Waals surface area contributed by atoms with Crippen molar-refractivity contribution in [3.05, 3.63) is 101 Å². The Morgan fingerprint density at radius 3 is 2.30 bits per heavy atom. The van der Waals surface area contributed by atoms with Crippen molar-refractivity contribution in [1.82, 2.24) is 14.8 Å². The molecule has 3 heterocycles. The van der Waals surface area contributed by atoms with Crippen LogP contribution in [0.4, 0.5) is 4.39 Å². The highest BCUT2D eigenvalue weighted by Crippen LogP contribution is 2.43. The maximum atomic E-state index is 13.4. The smallest absolute Gasteiger partial charge is 0.253 e. The molecule has 2 atom stereocenters. The van der Waals surface area contributed by atoms with E-state index in [0.717, 1.165) is 43.0 Å². The van der Waals surface area contributed by atoms with Gasteiger partial charge in [0.15, 0.2) is 0 Å². The van der Waals surface area contributed by atoms with Crippen molar-refractivity contribution in [2.75, 3.05) is 33.2 Å². The zero-order chi connectivity index (χ0) is 25.5. The van der Waals surface area contributed by atoms with Gasteiger partial charge in [-0.15, -0.1) is 0 Å². The number of likely N-dealkylation sites (N-methyl/N-ethyl adjacent to an activating group) is 1. The van der Waals surface area contributed by atoms with Gasteiger partial charge in [-0.3, -0.25) is 9.59 Å². The van der Waals surface area contributed by atoms with Gasteiger partial charge < -0.3 is 14.5 Å². The number of benzene rings is 3. The number of carbonyl (C=O) groups excluding carboxylic acids is 2. The fraction of sp³-hybridized carbons (Fsp3) is 0.276. The van der Waals surface area contributed by atoms with Gasteiger partial charge in [0.05, 0.1) is 11.8 Å². The Morgan fingerprint density at radius 1 is 0.892 bits per heavy atom. The summed E-state index contributed by atoms with van der Waals surface area (Å²) in [6, 6.07) is 20.5. The fourth-order valence-corrected chi connectivity index (χ4v) is 5.14. The molecule has 0 aromatic heterocycles. The molecule has 188 valence electrons. The second-order valence-electron chi connectivity index (χ2n) is 9.70. The summed E-state index contributed by atoms with van der Waals surface area (Å²) in [7, 11) is 2.06. The molecule has 37 heavy (non-hydrogen) atoms. The lowest BCUT2D eigenvalue weighted by Gasteiger charge is -2.37. The van der Waals surface area contributed by atoms with Crippen molar-refractivity contribution < 1.29 is 18.7 Å². The SMILES string of the molecule is CN1CCN(C(=O)c2ccc(C3=NN4C(C(=O)c5ccc(F)cc5)Oc5ccccc5C4C3)cc2)CC1. The Balaban J connectivity index is 1.27. The lowest BCUT2D eigenvalue weighted by Crippen LogP contribution is -2.47. The number of piperazine rings is 1. The van der Waals surface area contributed by atoms with E-state index in [4.69, 9.17) is 9.84 Å². The van der Waals surface area contributed by atoms with Crippen molar-refractivity contribution in [1.29, 1.82) is 0 Å². The monoisotopic (exact) mass is 498 g/mol. The van der Waals surface area contributed by atoms with E-state index in [1.807, 2.05) is 53.4 Å². The van der Waals surface area contributed by atoms with Gasteiger partial charge in [0.2, 0.25) is 5.78 Å². The molecule has 0 aliphatic carbocycles. The van der Waals surface area contributed by atoms with Crippen molar-refractivity contribution in [3.8, 4) is 5.75 Å². The minimum atomic E-state index is -0.957. The van der Waals surface area contributed by atoms with Crippen LogP contribution >= 0.6 is 0 Å². The third kappa shape index (κ3) is 4.38. The summed E-state index contributed by atoms with van der Waals surface area (Å²) in [5.74, 6) is 0.00416. The molecule has 3 aromatic rings. The maximum Gasteiger partial charge on any atom is 0.253 e. The molecule has 7 nitrogen and oxygen atoms in total. The van der Waals surface area contributed by atoms with Crippen molar-refractivity contribution >= 4 is 17.4 Å². The molecule has 6 rings (SSSR count). The lowest BCUT2D eigenvalue weighted by atomic mass is 9.95. The van der Waals surface area contributed by atoms with E-state index in [1.54, 1.807) is 5.01 Å². The Labute approximate surface area is 214 Å². The van der Waals surface area contributed by atoms with Gasteiger partial charge in [0, 0.05) is 49.3 Å². The lowest BCUT2D eigenvalue weighted by molar-refractivity contribution is -0.00456. The van der Waals surface area contributed by atoms with Gasteiger partial charge in [-0.2, -0.15) is 5.10 Å². The van der Waals surface area contributed by atoms with Crippen LogP contribution in [0.15, 0.2) is 77.9 Å². The third-order valence-corrected chi connectivity index (χ3v) is 7.31. The molecule has 0 N–H and O–H groups in total. The highest BCUT2D eigenvalue weighted by atomic mass is 19.1. The second-order valence-corrected chi connectivity index (χ2v) is 9.70. The molecule has 8 heteroatoms. The molecule has 0 bridgehead atoms. The predicted molar refractivity (Wildman–Crippen MR) is 137 cm³/mol. The summed E-state index contributed by atoms with van der Waals surface area (Å²) in [6.45, 7) is 3.20. The molecule has 1 saturated heterocycles. The molecule has 3 aliphatic rings. The number of fused-ring (bicyclic) bond motifs is 3. The molecule has 3 aliphatic heterocycles. The van der Waals surface area contributed by atoms with Crippen molar-refractivity contribution in [3.63, 3.8) is 0 Å². The van der Waals surface area contributed by atoms with Crippen LogP contribution in [0.3, 0.4) is 0 Å². The van der Waals surface area contributed by atoms with Crippen LogP contribution in [0.2, 0.25) is 0 Å². The van der Waals surface area contributed by atoms with Gasteiger partial charge in [-0.1, -0.05) is 30.3 Å². The summed E-state index contributed by atoms with van der Waals surface area (Å²) in [5, 5.41) is 6.54. The standard InChI is InChI=1S/C29H27FN4O3/c1-32-14-16-33(17-15-32)28(36)21-8-6-19(7-9-21)24-18-25-23-4-2-3-5-26(23)37-29(34(25)31-24)27(35)20-10-12-22(30)13-11-20/h2-13,25,29H,14-18H2,1H3. The normalized spacial score (nSPS) is 21.1. The van der Waals surface area contributed by atoms with E-state index in [-0.39, 0.29) is 17.7 Å². The summed E-state index contributed by atoms with van der Waals surface area (Å²) >= 11 is 0. The first-order chi connectivity index (χ1) is 18.0. The van der Waals surface area contributed by atoms with E-state index in [2.05, 4.69) is 11.9 Å². The van der Waals surface area contributed by atoms with Crippen LogP contribution in [-0.4, -0.2) is 71.7 Å². The number of nitrogens with zero attached hydrogens (tertiary/aromatic N) is 4. The van der Waals surface area contributed by atoms with Crippen molar-refractivity contribution in [2.24, 2.45) is 5.10 Å². The van der Waals surface area contributed by atoms with E-state index < -0.39 is 12.0 Å². The number of hydrogen-bond donors (Lipinski definition) is 0. The van der Waals surface area contributed by atoms with Crippen LogP contribution in [0.5, 0.6) is 5.75 Å². The molecule has 3 aromatic carbocycles. The Hall–Kier alpha value is -4.04. The number of para-hydroxylation sites is 1. The largest absolute Gasteiger partial charge is 0.461 e. The molecular weight excluding hydrogens is 471 g/mol. The number of halogens is 1. The van der Waals surface area contributed by atoms with E-state index in [1.165, 1.54) is 24.3 Å². The van der Waals surface area contributed by atoms with Crippen LogP contribution < -0.4 is 4.74 Å². The number of hydrazone groups is 1. The molecule has 1 fully saturated rings. The van der Waals surface area contributed by atoms with Crippen LogP contribution in [0.1, 0.15) is 44.3 Å². The summed E-state index contributed by atoms with van der Waals surface area (Å²) in [4.78, 5) is 30.4. The molecular formula is C29H27FN4O3. The number of hydrogen-bond acceptors (Lipinski definition) is 6. The number of ketones is 1. The zero-order valence-corrected chi connectivity index (χ0v) is 20.5. The Bertz CT molecular complexity index is 1360. The van der Waals surface area contributed by atoms with E-state index >= 15 is 0 Å². The van der Waals surface area contributed by atoms with Gasteiger partial charge >= 0.3 is 0 Å². The van der Waals surface area contributed by atoms with Crippen molar-refractivity contribution in [2.45, 2.75) is 18.7 Å². The predicted octanol–water partition coefficient (Wildman–Crippen LogP) is 3.97. The third-order valence-electron chi connectivity index (χ3n) is 7.31. The van der Waals surface area contributed by atoms with E-state index in [0.29, 0.717) is 23.3 Å². The quantitative estimate of drug-likeness (QED) is 0.510. The van der Waals surface area contributed by atoms with Gasteiger partial charge in [-0.05, 0) is 55.1 Å².